The van der Waals surface area contributed by atoms with E-state index in [1.807, 2.05) is 25.1 Å². The molecule has 1 amide bonds. The Kier molecular flexibility index (Phi) is 4.15. The van der Waals surface area contributed by atoms with Gasteiger partial charge in [-0.25, -0.2) is 0 Å². The molecule has 0 aliphatic rings. The Morgan fingerprint density at radius 1 is 1.36 bits per heavy atom. The zero-order chi connectivity index (χ0) is 15.5. The number of nitrogens with one attached hydrogen (secondary N) is 2. The summed E-state index contributed by atoms with van der Waals surface area (Å²) in [7, 11) is 0. The Morgan fingerprint density at radius 2 is 2.23 bits per heavy atom. The number of unbranched alkanes of at least 4 members (excludes halogenated alkanes) is 1. The van der Waals surface area contributed by atoms with Crippen molar-refractivity contribution in [2.24, 2.45) is 0 Å². The van der Waals surface area contributed by atoms with E-state index in [-0.39, 0.29) is 5.91 Å². The Labute approximate surface area is 132 Å². The quantitative estimate of drug-likeness (QED) is 0.756. The molecule has 0 bridgehead atoms. The van der Waals surface area contributed by atoms with Gasteiger partial charge in [0.2, 0.25) is 5.13 Å². The van der Waals surface area contributed by atoms with Crippen LogP contribution in [0.25, 0.3) is 10.9 Å². The molecule has 22 heavy (non-hydrogen) atoms. The zero-order valence-electron chi connectivity index (χ0n) is 12.5. The van der Waals surface area contributed by atoms with E-state index in [0.29, 0.717) is 10.8 Å². The molecule has 0 spiro atoms. The first-order chi connectivity index (χ1) is 10.7. The lowest BCUT2D eigenvalue weighted by atomic mass is 10.1. The first-order valence-corrected chi connectivity index (χ1v) is 8.07. The zero-order valence-corrected chi connectivity index (χ0v) is 13.3. The van der Waals surface area contributed by atoms with Crippen molar-refractivity contribution in [3.8, 4) is 0 Å². The highest BCUT2D eigenvalue weighted by atomic mass is 32.1. The van der Waals surface area contributed by atoms with Crippen LogP contribution in [0.4, 0.5) is 5.13 Å². The van der Waals surface area contributed by atoms with Crippen LogP contribution in [0, 0.1) is 6.92 Å². The smallest absolute Gasteiger partial charge is 0.278 e. The first kappa shape index (κ1) is 14.6. The molecule has 0 fully saturated rings. The van der Waals surface area contributed by atoms with Gasteiger partial charge in [-0.1, -0.05) is 36.3 Å². The number of benzene rings is 1. The molecule has 0 aliphatic heterocycles. The van der Waals surface area contributed by atoms with E-state index in [2.05, 4.69) is 32.6 Å². The highest BCUT2D eigenvalue weighted by molar-refractivity contribution is 7.15. The molecule has 2 heterocycles. The molecule has 3 rings (SSSR count). The van der Waals surface area contributed by atoms with Gasteiger partial charge in [0.1, 0.15) is 5.01 Å². The minimum Gasteiger partial charge on any atom is -0.295 e. The summed E-state index contributed by atoms with van der Waals surface area (Å²) in [6, 6.07) is 5.84. The summed E-state index contributed by atoms with van der Waals surface area (Å²) in [4.78, 5) is 12.4. The lowest BCUT2D eigenvalue weighted by Crippen LogP contribution is -2.12. The Morgan fingerprint density at radius 3 is 3.05 bits per heavy atom. The average Bonchev–Trinajstić information content (AvgIpc) is 3.11. The number of nitrogens with zero attached hydrogens (tertiary/aromatic N) is 3. The van der Waals surface area contributed by atoms with Gasteiger partial charge in [-0.2, -0.15) is 5.10 Å². The predicted octanol–water partition coefficient (Wildman–Crippen LogP) is 3.32. The minimum atomic E-state index is -0.268. The molecule has 0 saturated carbocycles. The fraction of sp³-hybridized carbons (Fsp3) is 0.333. The molecule has 2 aromatic heterocycles. The molecular formula is C15H17N5OS. The fourth-order valence-electron chi connectivity index (χ4n) is 2.19. The number of aromatic nitrogens is 4. The van der Waals surface area contributed by atoms with E-state index in [9.17, 15) is 4.79 Å². The first-order valence-electron chi connectivity index (χ1n) is 7.26. The average molecular weight is 315 g/mol. The van der Waals surface area contributed by atoms with Gasteiger partial charge in [0.15, 0.2) is 5.69 Å². The van der Waals surface area contributed by atoms with Gasteiger partial charge in [-0.05, 0) is 25.5 Å². The second-order valence-corrected chi connectivity index (χ2v) is 6.24. The summed E-state index contributed by atoms with van der Waals surface area (Å²) < 4.78 is 0. The summed E-state index contributed by atoms with van der Waals surface area (Å²) in [5, 5.41) is 20.1. The van der Waals surface area contributed by atoms with Crippen molar-refractivity contribution >= 4 is 33.3 Å². The third-order valence-corrected chi connectivity index (χ3v) is 4.26. The monoisotopic (exact) mass is 315 g/mol. The molecule has 0 aliphatic carbocycles. The van der Waals surface area contributed by atoms with Crippen molar-refractivity contribution in [1.82, 2.24) is 20.4 Å². The Balaban J connectivity index is 1.78. The van der Waals surface area contributed by atoms with Crippen LogP contribution in [0.15, 0.2) is 18.2 Å². The van der Waals surface area contributed by atoms with E-state index < -0.39 is 0 Å². The largest absolute Gasteiger partial charge is 0.295 e. The molecular weight excluding hydrogens is 298 g/mol. The number of aryl methyl sites for hydroxylation is 2. The van der Waals surface area contributed by atoms with Crippen LogP contribution in [0.3, 0.4) is 0 Å². The molecule has 2 N–H and O–H groups in total. The van der Waals surface area contributed by atoms with E-state index in [1.54, 1.807) is 0 Å². The van der Waals surface area contributed by atoms with Crippen LogP contribution in [-0.2, 0) is 6.42 Å². The number of anilines is 1. The highest BCUT2D eigenvalue weighted by Gasteiger charge is 2.16. The van der Waals surface area contributed by atoms with Crippen molar-refractivity contribution in [3.63, 3.8) is 0 Å². The van der Waals surface area contributed by atoms with Gasteiger partial charge in [0.05, 0.1) is 5.52 Å². The number of carbonyl (C=O) groups excluding carboxylic acids is 1. The van der Waals surface area contributed by atoms with Crippen molar-refractivity contribution in [2.45, 2.75) is 33.1 Å². The molecule has 0 unspecified atom stereocenters. The molecule has 0 radical (unpaired) electrons. The van der Waals surface area contributed by atoms with Gasteiger partial charge in [0, 0.05) is 11.8 Å². The summed E-state index contributed by atoms with van der Waals surface area (Å²) in [6.45, 7) is 4.12. The third kappa shape index (κ3) is 2.99. The number of H-pyrrole nitrogens is 1. The van der Waals surface area contributed by atoms with Crippen LogP contribution >= 0.6 is 11.3 Å². The normalized spacial score (nSPS) is 11.0. The third-order valence-electron chi connectivity index (χ3n) is 3.36. The molecule has 1 aromatic carbocycles. The van der Waals surface area contributed by atoms with E-state index in [1.165, 1.54) is 11.3 Å². The number of carbonyl (C=O) groups is 1. The van der Waals surface area contributed by atoms with Crippen molar-refractivity contribution in [1.29, 1.82) is 0 Å². The number of rotatable bonds is 5. The molecule has 114 valence electrons. The van der Waals surface area contributed by atoms with Crippen LogP contribution < -0.4 is 5.32 Å². The van der Waals surface area contributed by atoms with Gasteiger partial charge in [-0.3, -0.25) is 15.2 Å². The number of amides is 1. The minimum absolute atomic E-state index is 0.268. The maximum atomic E-state index is 12.4. The van der Waals surface area contributed by atoms with Gasteiger partial charge in [0.25, 0.3) is 5.91 Å². The highest BCUT2D eigenvalue weighted by Crippen LogP contribution is 2.21. The SMILES string of the molecule is CCCCc1nnc(NC(=O)c2n[nH]c3ccc(C)cc23)s1. The molecule has 3 aromatic rings. The van der Waals surface area contributed by atoms with Gasteiger partial charge < -0.3 is 0 Å². The van der Waals surface area contributed by atoms with Crippen LogP contribution in [0.1, 0.15) is 40.8 Å². The van der Waals surface area contributed by atoms with Crippen LogP contribution in [-0.4, -0.2) is 26.3 Å². The number of fused-ring (bicyclic) bond motifs is 1. The Hall–Kier alpha value is -2.28. The molecule has 0 saturated heterocycles. The van der Waals surface area contributed by atoms with Crippen molar-refractivity contribution in [3.05, 3.63) is 34.5 Å². The maximum absolute atomic E-state index is 12.4. The molecule has 0 atom stereocenters. The fourth-order valence-corrected chi connectivity index (χ4v) is 2.97. The summed E-state index contributed by atoms with van der Waals surface area (Å²) in [6.07, 6.45) is 3.08. The lowest BCUT2D eigenvalue weighted by Gasteiger charge is -1.98. The predicted molar refractivity (Wildman–Crippen MR) is 87.3 cm³/mol. The summed E-state index contributed by atoms with van der Waals surface area (Å²) in [5.74, 6) is -0.268. The second kappa shape index (κ2) is 6.23. The maximum Gasteiger partial charge on any atom is 0.278 e. The second-order valence-electron chi connectivity index (χ2n) is 5.18. The van der Waals surface area contributed by atoms with Crippen LogP contribution in [0.2, 0.25) is 0 Å². The number of hydrogen-bond donors (Lipinski definition) is 2. The number of hydrogen-bond acceptors (Lipinski definition) is 5. The number of aromatic amines is 1. The molecule has 6 nitrogen and oxygen atoms in total. The lowest BCUT2D eigenvalue weighted by molar-refractivity contribution is 0.102. The Bertz CT molecular complexity index is 807. The van der Waals surface area contributed by atoms with E-state index in [0.717, 1.165) is 40.7 Å². The molecule has 7 heteroatoms. The summed E-state index contributed by atoms with van der Waals surface area (Å²) >= 11 is 1.41. The summed E-state index contributed by atoms with van der Waals surface area (Å²) in [5.41, 5.74) is 2.31. The van der Waals surface area contributed by atoms with E-state index >= 15 is 0 Å². The van der Waals surface area contributed by atoms with E-state index in [4.69, 9.17) is 0 Å². The van der Waals surface area contributed by atoms with Gasteiger partial charge in [-0.15, -0.1) is 10.2 Å². The van der Waals surface area contributed by atoms with Crippen LogP contribution in [0.5, 0.6) is 0 Å². The van der Waals surface area contributed by atoms with Crippen molar-refractivity contribution < 1.29 is 4.79 Å². The topological polar surface area (TPSA) is 83.6 Å². The standard InChI is InChI=1S/C15H17N5OS/c1-3-4-5-12-18-20-15(22-12)16-14(21)13-10-8-9(2)6-7-11(10)17-19-13/h6-8H,3-5H2,1-2H3,(H,17,19)(H,16,20,21). The van der Waals surface area contributed by atoms with Crippen molar-refractivity contribution in [2.75, 3.05) is 5.32 Å². The van der Waals surface area contributed by atoms with Gasteiger partial charge >= 0.3 is 0 Å².